The monoisotopic (exact) mass is 611 g/mol. The van der Waals surface area contributed by atoms with E-state index in [2.05, 4.69) is 57.1 Å². The lowest BCUT2D eigenvalue weighted by Gasteiger charge is -2.25. The highest BCUT2D eigenvalue weighted by atomic mass is 79.9. The Labute approximate surface area is 239 Å². The van der Waals surface area contributed by atoms with E-state index in [4.69, 9.17) is 9.84 Å². The fourth-order valence-corrected chi connectivity index (χ4v) is 6.54. The number of nitrogens with one attached hydrogen (secondary N) is 1. The molecule has 6 nitrogen and oxygen atoms in total. The van der Waals surface area contributed by atoms with Crippen LogP contribution in [0.25, 0.3) is 11.1 Å². The van der Waals surface area contributed by atoms with Gasteiger partial charge < -0.3 is 9.84 Å². The lowest BCUT2D eigenvalue weighted by atomic mass is 9.97. The number of allylic oxidation sites excluding steroid dienone is 2. The van der Waals surface area contributed by atoms with Gasteiger partial charge >= 0.3 is 5.97 Å². The largest absolute Gasteiger partial charge is 0.481 e. The molecule has 0 amide bonds. The van der Waals surface area contributed by atoms with Gasteiger partial charge in [-0.2, -0.15) is 0 Å². The van der Waals surface area contributed by atoms with Crippen LogP contribution >= 0.6 is 15.9 Å². The third-order valence-corrected chi connectivity index (χ3v) is 9.08. The summed E-state index contributed by atoms with van der Waals surface area (Å²) in [7, 11) is -3.68. The van der Waals surface area contributed by atoms with Crippen molar-refractivity contribution in [3.8, 4) is 11.1 Å². The standard InChI is InChI=1S/C31H34BrNO5S/c32-26-16-18-27(19-17-26)39(36,37)33-29-20-21-30(28(29)10-6-1-2-7-11-31(34)35)38-22-23-12-14-25(15-13-23)24-8-4-3-5-9-24/h1,3-6,8-9,12-19,28-30,33H,2,7,10-11,20-22H2,(H,34,35)/t28-,29+,30+/m1/s1. The van der Waals surface area contributed by atoms with Crippen LogP contribution in [0.2, 0.25) is 0 Å². The molecule has 1 aliphatic carbocycles. The molecule has 0 aliphatic heterocycles. The van der Waals surface area contributed by atoms with Gasteiger partial charge in [-0.1, -0.05) is 82.7 Å². The number of sulfonamides is 1. The maximum atomic E-state index is 13.1. The van der Waals surface area contributed by atoms with Crippen LogP contribution in [0.3, 0.4) is 0 Å². The van der Waals surface area contributed by atoms with Crippen molar-refractivity contribution in [3.63, 3.8) is 0 Å². The zero-order chi connectivity index (χ0) is 27.7. The van der Waals surface area contributed by atoms with E-state index >= 15 is 0 Å². The van der Waals surface area contributed by atoms with Crippen LogP contribution in [0.15, 0.2) is 100 Å². The van der Waals surface area contributed by atoms with Gasteiger partial charge in [-0.3, -0.25) is 4.79 Å². The highest BCUT2D eigenvalue weighted by Crippen LogP contribution is 2.34. The van der Waals surface area contributed by atoms with Crippen molar-refractivity contribution in [1.82, 2.24) is 4.72 Å². The molecule has 39 heavy (non-hydrogen) atoms. The molecule has 0 saturated heterocycles. The summed E-state index contributed by atoms with van der Waals surface area (Å²) in [5.41, 5.74) is 3.38. The fourth-order valence-electron chi connectivity index (χ4n) is 4.95. The second kappa shape index (κ2) is 14.0. The van der Waals surface area contributed by atoms with Gasteiger partial charge in [0.2, 0.25) is 10.0 Å². The normalized spacial score (nSPS) is 19.5. The summed E-state index contributed by atoms with van der Waals surface area (Å²) >= 11 is 3.35. The Kier molecular flexibility index (Phi) is 10.5. The summed E-state index contributed by atoms with van der Waals surface area (Å²) in [4.78, 5) is 11.0. The van der Waals surface area contributed by atoms with Crippen molar-refractivity contribution >= 4 is 31.9 Å². The Morgan fingerprint density at radius 2 is 1.64 bits per heavy atom. The average molecular weight is 613 g/mol. The molecular formula is C31H34BrNO5S. The Morgan fingerprint density at radius 1 is 0.949 bits per heavy atom. The van der Waals surface area contributed by atoms with Crippen LogP contribution in [0, 0.1) is 5.92 Å². The van der Waals surface area contributed by atoms with Gasteiger partial charge in [0.15, 0.2) is 0 Å². The minimum atomic E-state index is -3.68. The van der Waals surface area contributed by atoms with Crippen LogP contribution < -0.4 is 4.72 Å². The van der Waals surface area contributed by atoms with E-state index in [1.165, 1.54) is 0 Å². The van der Waals surface area contributed by atoms with Gasteiger partial charge in [0, 0.05) is 22.9 Å². The molecule has 3 aromatic carbocycles. The minimum Gasteiger partial charge on any atom is -0.481 e. The molecule has 8 heteroatoms. The quantitative estimate of drug-likeness (QED) is 0.161. The molecule has 1 fully saturated rings. The molecule has 3 aromatic rings. The first-order valence-electron chi connectivity index (χ1n) is 13.2. The predicted molar refractivity (Wildman–Crippen MR) is 157 cm³/mol. The van der Waals surface area contributed by atoms with E-state index in [1.807, 2.05) is 30.4 Å². The number of halogens is 1. The SMILES string of the molecule is O=C(O)CCCC=CC[C@@H]1[C@@H](NS(=O)(=O)c2ccc(Br)cc2)CC[C@@H]1OCc1ccc(-c2ccccc2)cc1. The highest BCUT2D eigenvalue weighted by molar-refractivity contribution is 9.10. The first-order chi connectivity index (χ1) is 18.8. The Hall–Kier alpha value is -2.78. The maximum absolute atomic E-state index is 13.1. The number of hydrogen-bond donors (Lipinski definition) is 2. The first kappa shape index (κ1) is 29.2. The van der Waals surface area contributed by atoms with E-state index in [-0.39, 0.29) is 29.4 Å². The van der Waals surface area contributed by atoms with Crippen LogP contribution in [0.4, 0.5) is 0 Å². The van der Waals surface area contributed by atoms with Crippen molar-refractivity contribution < 1.29 is 23.1 Å². The van der Waals surface area contributed by atoms with Crippen molar-refractivity contribution in [2.24, 2.45) is 5.92 Å². The molecule has 1 aliphatic rings. The molecule has 0 unspecified atom stereocenters. The Morgan fingerprint density at radius 3 is 2.33 bits per heavy atom. The molecule has 0 radical (unpaired) electrons. The molecule has 2 N–H and O–H groups in total. The second-order valence-corrected chi connectivity index (χ2v) is 12.5. The average Bonchev–Trinajstić information content (AvgIpc) is 3.30. The number of benzene rings is 3. The number of unbranched alkanes of at least 4 members (excludes halogenated alkanes) is 1. The fraction of sp³-hybridized carbons (Fsp3) is 0.323. The van der Waals surface area contributed by atoms with Gasteiger partial charge in [0.05, 0.1) is 17.6 Å². The van der Waals surface area contributed by atoms with Crippen molar-refractivity contribution in [2.45, 2.75) is 62.2 Å². The summed E-state index contributed by atoms with van der Waals surface area (Å²) in [6, 6.07) is 24.9. The topological polar surface area (TPSA) is 92.7 Å². The molecule has 3 atom stereocenters. The third kappa shape index (κ3) is 8.60. The third-order valence-electron chi connectivity index (χ3n) is 7.05. The Bertz CT molecular complexity index is 1340. The van der Waals surface area contributed by atoms with Crippen molar-refractivity contribution in [3.05, 3.63) is 101 Å². The number of hydrogen-bond acceptors (Lipinski definition) is 4. The van der Waals surface area contributed by atoms with Gasteiger partial charge in [0.1, 0.15) is 0 Å². The minimum absolute atomic E-state index is 0.0328. The van der Waals surface area contributed by atoms with Crippen LogP contribution in [-0.4, -0.2) is 31.6 Å². The zero-order valence-electron chi connectivity index (χ0n) is 21.7. The molecule has 0 heterocycles. The molecular weight excluding hydrogens is 578 g/mol. The molecule has 206 valence electrons. The van der Waals surface area contributed by atoms with E-state index in [9.17, 15) is 13.2 Å². The number of carbonyl (C=O) groups is 1. The lowest BCUT2D eigenvalue weighted by molar-refractivity contribution is -0.137. The summed E-state index contributed by atoms with van der Waals surface area (Å²) in [5, 5.41) is 8.85. The van der Waals surface area contributed by atoms with Gasteiger partial charge in [-0.25, -0.2) is 13.1 Å². The number of aliphatic carboxylic acids is 1. The van der Waals surface area contributed by atoms with Crippen molar-refractivity contribution in [2.75, 3.05) is 0 Å². The molecule has 0 aromatic heterocycles. The smallest absolute Gasteiger partial charge is 0.303 e. The van der Waals surface area contributed by atoms with E-state index < -0.39 is 16.0 Å². The van der Waals surface area contributed by atoms with Crippen LogP contribution in [0.1, 0.15) is 44.1 Å². The maximum Gasteiger partial charge on any atom is 0.303 e. The number of carboxylic acid groups (broad SMARTS) is 1. The Balaban J connectivity index is 1.41. The lowest BCUT2D eigenvalue weighted by Crippen LogP contribution is -2.39. The molecule has 0 spiro atoms. The zero-order valence-corrected chi connectivity index (χ0v) is 24.1. The van der Waals surface area contributed by atoms with Crippen molar-refractivity contribution in [1.29, 1.82) is 0 Å². The highest BCUT2D eigenvalue weighted by Gasteiger charge is 2.38. The van der Waals surface area contributed by atoms with E-state index in [1.54, 1.807) is 24.3 Å². The number of carboxylic acids is 1. The molecule has 4 rings (SSSR count). The number of rotatable bonds is 13. The first-order valence-corrected chi connectivity index (χ1v) is 15.5. The predicted octanol–water partition coefficient (Wildman–Crippen LogP) is 6.96. The van der Waals surface area contributed by atoms with Gasteiger partial charge in [-0.15, -0.1) is 0 Å². The molecule has 1 saturated carbocycles. The summed E-state index contributed by atoms with van der Waals surface area (Å²) in [6.07, 6.45) is 7.40. The van der Waals surface area contributed by atoms with Crippen LogP contribution in [0.5, 0.6) is 0 Å². The van der Waals surface area contributed by atoms with Crippen LogP contribution in [-0.2, 0) is 26.2 Å². The molecule has 0 bridgehead atoms. The second-order valence-electron chi connectivity index (χ2n) is 9.83. The van der Waals surface area contributed by atoms with E-state index in [0.29, 0.717) is 32.3 Å². The summed E-state index contributed by atoms with van der Waals surface area (Å²) < 4.78 is 36.4. The van der Waals surface area contributed by atoms with Gasteiger partial charge in [-0.05, 0) is 73.1 Å². The number of ether oxygens (including phenoxy) is 1. The van der Waals surface area contributed by atoms with Gasteiger partial charge in [0.25, 0.3) is 0 Å². The summed E-state index contributed by atoms with van der Waals surface area (Å²) in [6.45, 7) is 0.449. The summed E-state index contributed by atoms with van der Waals surface area (Å²) in [5.74, 6) is -0.832. The van der Waals surface area contributed by atoms with E-state index in [0.717, 1.165) is 27.6 Å².